The largest absolute Gasteiger partial charge is 0.351 e. The first-order valence-electron chi connectivity index (χ1n) is 5.39. The Balaban J connectivity index is 4.59. The molecule has 0 saturated carbocycles. The predicted octanol–water partition coefficient (Wildman–Crippen LogP) is -0.373. The highest BCUT2D eigenvalue weighted by atomic mass is 32.2. The summed E-state index contributed by atoms with van der Waals surface area (Å²) in [5.74, 6) is -1.06. The molecule has 3 N–H and O–H groups in total. The van der Waals surface area contributed by atoms with Crippen LogP contribution in [0.25, 0.3) is 0 Å². The fourth-order valence-corrected chi connectivity index (χ4v) is 1.59. The molecule has 0 aliphatic heterocycles. The Morgan fingerprint density at radius 3 is 1.58 bits per heavy atom. The Morgan fingerprint density at radius 1 is 1.05 bits per heavy atom. The van der Waals surface area contributed by atoms with Crippen LogP contribution >= 0.6 is 0 Å². The van der Waals surface area contributed by atoms with Crippen molar-refractivity contribution in [1.82, 2.24) is 10.6 Å². The van der Waals surface area contributed by atoms with Crippen LogP contribution in [0.2, 0.25) is 0 Å². The van der Waals surface area contributed by atoms with Crippen LogP contribution in [-0.4, -0.2) is 43.1 Å². The Morgan fingerprint density at radius 2 is 1.37 bits per heavy atom. The van der Waals surface area contributed by atoms with Crippen molar-refractivity contribution in [3.8, 4) is 0 Å². The SMILES string of the molecule is C=C(C)C(=O)NCC(CNC(=O)C(=C)C)S(=O)(=O)O. The van der Waals surface area contributed by atoms with Crippen LogP contribution in [0.1, 0.15) is 13.8 Å². The van der Waals surface area contributed by atoms with Crippen LogP contribution < -0.4 is 10.6 Å². The molecule has 8 heteroatoms. The number of rotatable bonds is 7. The zero-order chi connectivity index (χ0) is 15.2. The van der Waals surface area contributed by atoms with E-state index in [9.17, 15) is 18.0 Å². The molecule has 108 valence electrons. The maximum atomic E-state index is 11.2. The second-order valence-corrected chi connectivity index (χ2v) is 5.81. The lowest BCUT2D eigenvalue weighted by atomic mass is 10.3. The molecule has 0 fully saturated rings. The molecule has 0 aliphatic rings. The zero-order valence-corrected chi connectivity index (χ0v) is 11.7. The van der Waals surface area contributed by atoms with Crippen molar-refractivity contribution in [2.24, 2.45) is 0 Å². The third-order valence-corrected chi connectivity index (χ3v) is 3.35. The lowest BCUT2D eigenvalue weighted by Gasteiger charge is -2.15. The summed E-state index contributed by atoms with van der Waals surface area (Å²) in [6.07, 6.45) is 0. The molecule has 0 spiro atoms. The molecule has 0 heterocycles. The average Bonchev–Trinajstić information content (AvgIpc) is 2.25. The molecule has 0 aromatic carbocycles. The topological polar surface area (TPSA) is 113 Å². The lowest BCUT2D eigenvalue weighted by molar-refractivity contribution is -0.117. The fourth-order valence-electron chi connectivity index (χ4n) is 0.998. The van der Waals surface area contributed by atoms with Crippen LogP contribution in [0.15, 0.2) is 24.3 Å². The Hall–Kier alpha value is -1.67. The number of amides is 2. The predicted molar refractivity (Wildman–Crippen MR) is 71.0 cm³/mol. The molecular weight excluding hydrogens is 272 g/mol. The Labute approximate surface area is 112 Å². The summed E-state index contributed by atoms with van der Waals surface area (Å²) in [6, 6.07) is 0. The molecule has 0 saturated heterocycles. The Bertz CT molecular complexity index is 465. The lowest BCUT2D eigenvalue weighted by Crippen LogP contribution is -2.44. The smallest absolute Gasteiger partial charge is 0.271 e. The quantitative estimate of drug-likeness (QED) is 0.437. The van der Waals surface area contributed by atoms with Gasteiger partial charge in [-0.1, -0.05) is 13.2 Å². The fraction of sp³-hybridized carbons (Fsp3) is 0.455. The van der Waals surface area contributed by atoms with E-state index >= 15 is 0 Å². The molecular formula is C11H18N2O5S. The molecule has 2 amide bonds. The van der Waals surface area contributed by atoms with Gasteiger partial charge in [-0.2, -0.15) is 8.42 Å². The van der Waals surface area contributed by atoms with Gasteiger partial charge in [0.25, 0.3) is 10.1 Å². The third-order valence-electron chi connectivity index (χ3n) is 2.18. The zero-order valence-electron chi connectivity index (χ0n) is 10.9. The van der Waals surface area contributed by atoms with Crippen molar-refractivity contribution < 1.29 is 22.6 Å². The van der Waals surface area contributed by atoms with Crippen molar-refractivity contribution in [3.05, 3.63) is 24.3 Å². The van der Waals surface area contributed by atoms with Crippen LogP contribution in [0.4, 0.5) is 0 Å². The molecule has 0 radical (unpaired) electrons. The number of hydrogen-bond donors (Lipinski definition) is 3. The van der Waals surface area contributed by atoms with E-state index in [1.165, 1.54) is 13.8 Å². The van der Waals surface area contributed by atoms with Gasteiger partial charge in [-0.25, -0.2) is 0 Å². The number of carbonyl (C=O) groups is 2. The number of carbonyl (C=O) groups excluding carboxylic acids is 2. The minimum absolute atomic E-state index is 0.208. The van der Waals surface area contributed by atoms with Gasteiger partial charge >= 0.3 is 0 Å². The summed E-state index contributed by atoms with van der Waals surface area (Å²) < 4.78 is 31.2. The van der Waals surface area contributed by atoms with Gasteiger partial charge in [0, 0.05) is 24.2 Å². The molecule has 19 heavy (non-hydrogen) atoms. The van der Waals surface area contributed by atoms with Gasteiger partial charge in [-0.05, 0) is 13.8 Å². The van der Waals surface area contributed by atoms with Gasteiger partial charge in [-0.3, -0.25) is 14.1 Å². The standard InChI is InChI=1S/C11H18N2O5S/c1-7(2)10(14)12-5-9(19(16,17)18)6-13-11(15)8(3)4/h9H,1,3,5-6H2,2,4H3,(H,12,14)(H,13,15)(H,16,17,18). The summed E-state index contributed by atoms with van der Waals surface area (Å²) in [5, 5.41) is 3.25. The molecule has 0 aromatic rings. The third kappa shape index (κ3) is 6.73. The first-order valence-corrected chi connectivity index (χ1v) is 6.89. The molecule has 0 unspecified atom stereocenters. The van der Waals surface area contributed by atoms with Crippen molar-refractivity contribution in [3.63, 3.8) is 0 Å². The monoisotopic (exact) mass is 290 g/mol. The highest BCUT2D eigenvalue weighted by Crippen LogP contribution is 1.98. The second kappa shape index (κ2) is 7.05. The van der Waals surface area contributed by atoms with E-state index in [1.807, 2.05) is 0 Å². The summed E-state index contributed by atoms with van der Waals surface area (Å²) in [5.41, 5.74) is 0.417. The molecule has 0 bridgehead atoms. The summed E-state index contributed by atoms with van der Waals surface area (Å²) in [7, 11) is -4.40. The maximum Gasteiger partial charge on any atom is 0.271 e. The number of hydrogen-bond acceptors (Lipinski definition) is 4. The Kier molecular flexibility index (Phi) is 6.43. The van der Waals surface area contributed by atoms with Crippen LogP contribution in [0, 0.1) is 0 Å². The average molecular weight is 290 g/mol. The molecule has 0 atom stereocenters. The summed E-state index contributed by atoms with van der Waals surface area (Å²) in [4.78, 5) is 22.5. The first kappa shape index (κ1) is 17.3. The normalized spacial score (nSPS) is 10.9. The van der Waals surface area contributed by atoms with Gasteiger partial charge in [-0.15, -0.1) is 0 Å². The van der Waals surface area contributed by atoms with E-state index in [-0.39, 0.29) is 24.2 Å². The van der Waals surface area contributed by atoms with Crippen LogP contribution in [-0.2, 0) is 19.7 Å². The minimum Gasteiger partial charge on any atom is -0.351 e. The van der Waals surface area contributed by atoms with E-state index in [0.29, 0.717) is 0 Å². The summed E-state index contributed by atoms with van der Waals surface area (Å²) in [6.45, 7) is 9.03. The van der Waals surface area contributed by atoms with Crippen LogP contribution in [0.3, 0.4) is 0 Å². The molecule has 0 rings (SSSR count). The van der Waals surface area contributed by atoms with Crippen molar-refractivity contribution >= 4 is 21.9 Å². The van der Waals surface area contributed by atoms with E-state index in [0.717, 1.165) is 0 Å². The van der Waals surface area contributed by atoms with E-state index in [1.54, 1.807) is 0 Å². The van der Waals surface area contributed by atoms with E-state index < -0.39 is 27.2 Å². The van der Waals surface area contributed by atoms with Crippen molar-refractivity contribution in [1.29, 1.82) is 0 Å². The van der Waals surface area contributed by atoms with Gasteiger partial charge in [0.1, 0.15) is 5.25 Å². The molecule has 7 nitrogen and oxygen atoms in total. The first-order chi connectivity index (χ1) is 8.55. The molecule has 0 aliphatic carbocycles. The van der Waals surface area contributed by atoms with E-state index in [2.05, 4.69) is 23.8 Å². The minimum atomic E-state index is -4.40. The summed E-state index contributed by atoms with van der Waals surface area (Å²) >= 11 is 0. The number of nitrogens with one attached hydrogen (secondary N) is 2. The van der Waals surface area contributed by atoms with Crippen molar-refractivity contribution in [2.45, 2.75) is 19.1 Å². The maximum absolute atomic E-state index is 11.2. The highest BCUT2D eigenvalue weighted by molar-refractivity contribution is 7.86. The van der Waals surface area contributed by atoms with Crippen LogP contribution in [0.5, 0.6) is 0 Å². The van der Waals surface area contributed by atoms with Gasteiger partial charge < -0.3 is 10.6 Å². The van der Waals surface area contributed by atoms with Gasteiger partial charge in [0.2, 0.25) is 11.8 Å². The van der Waals surface area contributed by atoms with E-state index in [4.69, 9.17) is 4.55 Å². The van der Waals surface area contributed by atoms with Gasteiger partial charge in [0.15, 0.2) is 0 Å². The second-order valence-electron chi connectivity index (χ2n) is 4.12. The van der Waals surface area contributed by atoms with Gasteiger partial charge in [0.05, 0.1) is 0 Å². The molecule has 0 aromatic heterocycles. The highest BCUT2D eigenvalue weighted by Gasteiger charge is 2.24. The van der Waals surface area contributed by atoms with Crippen molar-refractivity contribution in [2.75, 3.05) is 13.1 Å².